The molecule has 0 bridgehead atoms. The van der Waals surface area contributed by atoms with Crippen LogP contribution in [-0.2, 0) is 4.79 Å². The third-order valence-electron chi connectivity index (χ3n) is 5.89. The second-order valence-corrected chi connectivity index (χ2v) is 9.00. The van der Waals surface area contributed by atoms with Gasteiger partial charge in [0, 0.05) is 29.0 Å². The Morgan fingerprint density at radius 2 is 1.68 bits per heavy atom. The number of carbonyl (C=O) groups excluding carboxylic acids is 1. The molecule has 10 heteroatoms. The van der Waals surface area contributed by atoms with E-state index in [1.807, 2.05) is 11.0 Å². The average molecular weight is 502 g/mol. The van der Waals surface area contributed by atoms with Crippen molar-refractivity contribution < 1.29 is 23.7 Å². The molecule has 8 nitrogen and oxygen atoms in total. The number of allylic oxidation sites excluding steroid dienone is 1. The van der Waals surface area contributed by atoms with Crippen molar-refractivity contribution in [3.8, 4) is 29.1 Å². The number of methoxy groups -OCH3 is 4. The van der Waals surface area contributed by atoms with Gasteiger partial charge in [0.05, 0.1) is 63.3 Å². The first kappa shape index (κ1) is 23.9. The number of fused-ring (bicyclic) bond motifs is 1. The number of ether oxygens (including phenoxy) is 4. The van der Waals surface area contributed by atoms with Crippen molar-refractivity contribution in [3.63, 3.8) is 0 Å². The minimum Gasteiger partial charge on any atom is -0.496 e. The molecule has 2 aliphatic heterocycles. The number of thioether (sulfide) groups is 1. The summed E-state index contributed by atoms with van der Waals surface area (Å²) < 4.78 is 21.9. The largest absolute Gasteiger partial charge is 0.496 e. The van der Waals surface area contributed by atoms with Crippen LogP contribution in [0.2, 0.25) is 5.02 Å². The first-order valence-electron chi connectivity index (χ1n) is 10.4. The predicted octanol–water partition coefficient (Wildman–Crippen LogP) is 4.59. The third kappa shape index (κ3) is 4.19. The van der Waals surface area contributed by atoms with Crippen LogP contribution in [0, 0.1) is 11.3 Å². The van der Waals surface area contributed by atoms with Gasteiger partial charge in [-0.05, 0) is 24.3 Å². The summed E-state index contributed by atoms with van der Waals surface area (Å²) in [5, 5.41) is 11.4. The zero-order valence-corrected chi connectivity index (χ0v) is 20.8. The molecular weight excluding hydrogens is 478 g/mol. The smallest absolute Gasteiger partial charge is 0.229 e. The van der Waals surface area contributed by atoms with Crippen LogP contribution in [-0.4, -0.2) is 51.8 Å². The van der Waals surface area contributed by atoms with E-state index in [1.165, 1.54) is 11.8 Å². The number of hydrogen-bond donors (Lipinski definition) is 0. The topological polar surface area (TPSA) is 84.3 Å². The minimum absolute atomic E-state index is 0.0889. The molecule has 34 heavy (non-hydrogen) atoms. The summed E-state index contributed by atoms with van der Waals surface area (Å²) in [5.74, 6) is 2.18. The van der Waals surface area contributed by atoms with Crippen LogP contribution in [0.4, 0.5) is 5.69 Å². The maximum Gasteiger partial charge on any atom is 0.229 e. The molecule has 4 rings (SSSR count). The van der Waals surface area contributed by atoms with Gasteiger partial charge in [-0.1, -0.05) is 23.4 Å². The molecule has 2 aromatic rings. The monoisotopic (exact) mass is 501 g/mol. The minimum atomic E-state index is -0.460. The highest BCUT2D eigenvalue weighted by atomic mass is 35.5. The summed E-state index contributed by atoms with van der Waals surface area (Å²) in [6.07, 6.45) is 0.124. The van der Waals surface area contributed by atoms with Gasteiger partial charge in [0.15, 0.2) is 11.5 Å². The quantitative estimate of drug-likeness (QED) is 0.568. The number of amides is 1. The van der Waals surface area contributed by atoms with Crippen LogP contribution >= 0.6 is 23.4 Å². The van der Waals surface area contributed by atoms with E-state index in [-0.39, 0.29) is 12.3 Å². The molecule has 1 saturated heterocycles. The fourth-order valence-corrected chi connectivity index (χ4v) is 5.54. The Kier molecular flexibility index (Phi) is 7.00. The van der Waals surface area contributed by atoms with Crippen LogP contribution < -0.4 is 23.8 Å². The summed E-state index contributed by atoms with van der Waals surface area (Å²) >= 11 is 7.65. The molecule has 2 aliphatic rings. The summed E-state index contributed by atoms with van der Waals surface area (Å²) in [4.78, 5) is 17.0. The lowest BCUT2D eigenvalue weighted by atomic mass is 9.85. The molecule has 178 valence electrons. The van der Waals surface area contributed by atoms with E-state index in [0.29, 0.717) is 56.7 Å². The van der Waals surface area contributed by atoms with Crippen LogP contribution in [0.5, 0.6) is 23.0 Å². The highest BCUT2D eigenvalue weighted by Crippen LogP contribution is 2.48. The van der Waals surface area contributed by atoms with Gasteiger partial charge in [0.25, 0.3) is 0 Å². The van der Waals surface area contributed by atoms with Crippen LogP contribution in [0.25, 0.3) is 0 Å². The molecule has 0 radical (unpaired) electrons. The molecule has 2 aromatic carbocycles. The lowest BCUT2D eigenvalue weighted by Crippen LogP contribution is -2.47. The maximum atomic E-state index is 13.3. The number of benzene rings is 2. The summed E-state index contributed by atoms with van der Waals surface area (Å²) in [6.45, 7) is 0.291. The number of hydrogen-bond acceptors (Lipinski definition) is 8. The number of nitriles is 1. The van der Waals surface area contributed by atoms with Gasteiger partial charge >= 0.3 is 0 Å². The number of halogens is 1. The predicted molar refractivity (Wildman–Crippen MR) is 131 cm³/mol. The number of carbonyl (C=O) groups is 1. The first-order chi connectivity index (χ1) is 16.4. The summed E-state index contributed by atoms with van der Waals surface area (Å²) in [5.41, 5.74) is 2.01. The standard InChI is InChI=1S/C24H24ClN3O5S/c1-30-19-6-5-14(25)7-18(19)27-12-28-23(29)9-15(17(11-26)24(28)34-13-27)16-8-21(32-3)22(33-4)10-20(16)31-2/h5-8,10,15H,9,12-13H2,1-4H3/t15-/m0/s1. The third-order valence-corrected chi connectivity index (χ3v) is 7.28. The average Bonchev–Trinajstić information content (AvgIpc) is 2.87. The van der Waals surface area contributed by atoms with Crippen molar-refractivity contribution in [1.82, 2.24) is 4.90 Å². The molecule has 1 atom stereocenters. The van der Waals surface area contributed by atoms with E-state index in [9.17, 15) is 10.1 Å². The molecule has 0 unspecified atom stereocenters. The number of anilines is 1. The molecule has 0 N–H and O–H groups in total. The lowest BCUT2D eigenvalue weighted by Gasteiger charge is -2.42. The highest BCUT2D eigenvalue weighted by Gasteiger charge is 2.40. The van der Waals surface area contributed by atoms with Gasteiger partial charge < -0.3 is 23.8 Å². The maximum absolute atomic E-state index is 13.3. The SMILES string of the molecule is COc1cc(OC)c([C@@H]2CC(=O)N3CN(c4cc(Cl)ccc4OC)CSC3=C2C#N)cc1OC. The van der Waals surface area contributed by atoms with E-state index < -0.39 is 5.92 Å². The van der Waals surface area contributed by atoms with Crippen LogP contribution in [0.3, 0.4) is 0 Å². The van der Waals surface area contributed by atoms with E-state index in [4.69, 9.17) is 30.5 Å². The van der Waals surface area contributed by atoms with Gasteiger partial charge in [-0.2, -0.15) is 5.26 Å². The Bertz CT molecular complexity index is 1200. The normalized spacial score (nSPS) is 17.8. The van der Waals surface area contributed by atoms with E-state index >= 15 is 0 Å². The zero-order valence-electron chi connectivity index (χ0n) is 19.3. The van der Waals surface area contributed by atoms with Crippen LogP contribution in [0.1, 0.15) is 17.9 Å². The second kappa shape index (κ2) is 9.95. The Labute approximate surface area is 207 Å². The Morgan fingerprint density at radius 1 is 1.00 bits per heavy atom. The fraction of sp³-hybridized carbons (Fsp3) is 0.333. The molecule has 0 aliphatic carbocycles. The molecule has 0 spiro atoms. The van der Waals surface area contributed by atoms with Crippen molar-refractivity contribution in [3.05, 3.63) is 51.5 Å². The van der Waals surface area contributed by atoms with Crippen molar-refractivity contribution in [1.29, 1.82) is 5.26 Å². The molecular formula is C24H24ClN3O5S. The van der Waals surface area contributed by atoms with Crippen molar-refractivity contribution in [2.75, 3.05) is 45.9 Å². The van der Waals surface area contributed by atoms with Crippen LogP contribution in [0.15, 0.2) is 40.9 Å². The Balaban J connectivity index is 1.73. The van der Waals surface area contributed by atoms with Gasteiger partial charge in [-0.25, -0.2) is 0 Å². The fourth-order valence-electron chi connectivity index (χ4n) is 4.22. The van der Waals surface area contributed by atoms with Gasteiger partial charge in [0.2, 0.25) is 5.91 Å². The van der Waals surface area contributed by atoms with Gasteiger partial charge in [-0.15, -0.1) is 0 Å². The zero-order chi connectivity index (χ0) is 24.4. The van der Waals surface area contributed by atoms with E-state index in [0.717, 1.165) is 5.69 Å². The lowest BCUT2D eigenvalue weighted by molar-refractivity contribution is -0.129. The van der Waals surface area contributed by atoms with Gasteiger partial charge in [0.1, 0.15) is 11.5 Å². The number of rotatable bonds is 6. The highest BCUT2D eigenvalue weighted by molar-refractivity contribution is 8.03. The van der Waals surface area contributed by atoms with Crippen molar-refractivity contribution in [2.45, 2.75) is 12.3 Å². The Hall–Kier alpha value is -3.22. The van der Waals surface area contributed by atoms with E-state index in [2.05, 4.69) is 6.07 Å². The molecule has 0 aromatic heterocycles. The molecule has 0 saturated carbocycles. The number of nitrogens with zero attached hydrogens (tertiary/aromatic N) is 3. The first-order valence-corrected chi connectivity index (χ1v) is 11.8. The molecule has 1 amide bonds. The summed E-state index contributed by atoms with van der Waals surface area (Å²) in [6, 6.07) is 11.2. The van der Waals surface area contributed by atoms with Gasteiger partial charge in [-0.3, -0.25) is 9.69 Å². The second-order valence-electron chi connectivity index (χ2n) is 7.63. The van der Waals surface area contributed by atoms with Crippen molar-refractivity contribution >= 4 is 35.0 Å². The van der Waals surface area contributed by atoms with E-state index in [1.54, 1.807) is 57.6 Å². The summed E-state index contributed by atoms with van der Waals surface area (Å²) in [7, 11) is 6.23. The Morgan fingerprint density at radius 3 is 2.32 bits per heavy atom. The molecule has 1 fully saturated rings. The van der Waals surface area contributed by atoms with Crippen molar-refractivity contribution in [2.24, 2.45) is 0 Å². The molecule has 2 heterocycles.